The third kappa shape index (κ3) is 3.98. The normalized spacial score (nSPS) is 12.5. The van der Waals surface area contributed by atoms with E-state index in [4.69, 9.17) is 28.2 Å². The van der Waals surface area contributed by atoms with E-state index in [0.29, 0.717) is 10.0 Å². The maximum atomic E-state index is 6.34. The molecular formula is C23H13Cl2N3S2. The Hall–Kier alpha value is -2.31. The van der Waals surface area contributed by atoms with Gasteiger partial charge in [0.15, 0.2) is 0 Å². The van der Waals surface area contributed by atoms with Crippen molar-refractivity contribution in [2.45, 2.75) is 19.8 Å². The molecule has 0 bridgehead atoms. The summed E-state index contributed by atoms with van der Waals surface area (Å²) in [4.78, 5) is 16.2. The Kier molecular flexibility index (Phi) is 5.52. The highest BCUT2D eigenvalue weighted by Gasteiger charge is 2.23. The lowest BCUT2D eigenvalue weighted by Crippen LogP contribution is -2.04. The third-order valence-electron chi connectivity index (χ3n) is 4.46. The fraction of sp³-hybridized carbons (Fsp3) is 0. The smallest absolute Gasteiger partial charge is 0.131 e. The maximum Gasteiger partial charge on any atom is 0.131 e. The molecule has 1 aliphatic rings. The predicted molar refractivity (Wildman–Crippen MR) is 125 cm³/mol. The lowest BCUT2D eigenvalue weighted by atomic mass is 10.0. The first-order chi connectivity index (χ1) is 14.7. The molecule has 3 aromatic carbocycles. The van der Waals surface area contributed by atoms with E-state index in [1.807, 2.05) is 60.7 Å². The van der Waals surface area contributed by atoms with Crippen molar-refractivity contribution in [3.63, 3.8) is 0 Å². The van der Waals surface area contributed by atoms with Gasteiger partial charge in [-0.2, -0.15) is 0 Å². The summed E-state index contributed by atoms with van der Waals surface area (Å²) in [6.45, 7) is 0. The van der Waals surface area contributed by atoms with Crippen molar-refractivity contribution in [2.24, 2.45) is 4.99 Å². The summed E-state index contributed by atoms with van der Waals surface area (Å²) in [7, 11) is 0. The average molecular weight is 466 g/mol. The van der Waals surface area contributed by atoms with E-state index >= 15 is 0 Å². The third-order valence-corrected chi connectivity index (χ3v) is 7.01. The number of aliphatic imine (C=N–C) groups is 1. The molecule has 0 saturated heterocycles. The molecule has 30 heavy (non-hydrogen) atoms. The van der Waals surface area contributed by atoms with Crippen LogP contribution >= 0.6 is 46.7 Å². The standard InChI is InChI=1S/C23H13Cl2N3S2/c24-15-6-9-17(10-7-15)29-22-21-23(27-13-26-22)30-19-11-8-16(25)12-18(19)20(28-21)14-4-2-1-3-5-14/h1-13H. The first kappa shape index (κ1) is 19.6. The van der Waals surface area contributed by atoms with E-state index < -0.39 is 0 Å². The van der Waals surface area contributed by atoms with Crippen molar-refractivity contribution < 1.29 is 0 Å². The number of halogens is 2. The van der Waals surface area contributed by atoms with E-state index in [9.17, 15) is 0 Å². The van der Waals surface area contributed by atoms with Crippen LogP contribution in [0.1, 0.15) is 11.1 Å². The van der Waals surface area contributed by atoms with Crippen molar-refractivity contribution in [1.29, 1.82) is 0 Å². The van der Waals surface area contributed by atoms with Crippen LogP contribution in [0.25, 0.3) is 0 Å². The minimum Gasteiger partial charge on any atom is -0.242 e. The van der Waals surface area contributed by atoms with Gasteiger partial charge in [0.25, 0.3) is 0 Å². The minimum absolute atomic E-state index is 0.672. The molecule has 0 N–H and O–H groups in total. The van der Waals surface area contributed by atoms with Gasteiger partial charge in [-0.3, -0.25) is 0 Å². The Bertz CT molecular complexity index is 1260. The molecule has 0 amide bonds. The summed E-state index contributed by atoms with van der Waals surface area (Å²) in [6, 6.07) is 23.7. The summed E-state index contributed by atoms with van der Waals surface area (Å²) in [5.41, 5.74) is 3.61. The lowest BCUT2D eigenvalue weighted by Gasteiger charge is -2.09. The van der Waals surface area contributed by atoms with Crippen LogP contribution in [0, 0.1) is 0 Å². The number of hydrogen-bond acceptors (Lipinski definition) is 5. The molecule has 0 unspecified atom stereocenters. The van der Waals surface area contributed by atoms with Gasteiger partial charge in [-0.25, -0.2) is 15.0 Å². The molecule has 146 valence electrons. The number of rotatable bonds is 3. The molecule has 1 aliphatic heterocycles. The van der Waals surface area contributed by atoms with E-state index in [1.165, 1.54) is 0 Å². The summed E-state index contributed by atoms with van der Waals surface area (Å²) in [6.07, 6.45) is 1.59. The molecule has 5 rings (SSSR count). The zero-order valence-corrected chi connectivity index (χ0v) is 18.6. The molecule has 0 aliphatic carbocycles. The van der Waals surface area contributed by atoms with Crippen LogP contribution in [-0.2, 0) is 0 Å². The van der Waals surface area contributed by atoms with Crippen LogP contribution in [0.15, 0.2) is 104 Å². The number of nitrogens with zero attached hydrogens (tertiary/aromatic N) is 3. The van der Waals surface area contributed by atoms with Gasteiger partial charge in [0.1, 0.15) is 22.1 Å². The summed E-state index contributed by atoms with van der Waals surface area (Å²) in [5.74, 6) is 0. The van der Waals surface area contributed by atoms with Crippen LogP contribution in [0.5, 0.6) is 0 Å². The van der Waals surface area contributed by atoms with Crippen molar-refractivity contribution in [2.75, 3.05) is 0 Å². The predicted octanol–water partition coefficient (Wildman–Crippen LogP) is 7.57. The van der Waals surface area contributed by atoms with Gasteiger partial charge >= 0.3 is 0 Å². The first-order valence-electron chi connectivity index (χ1n) is 9.08. The molecule has 0 atom stereocenters. The quantitative estimate of drug-likeness (QED) is 0.257. The second-order valence-corrected chi connectivity index (χ2v) is 9.42. The van der Waals surface area contributed by atoms with Crippen LogP contribution < -0.4 is 0 Å². The molecule has 7 heteroatoms. The zero-order chi connectivity index (χ0) is 20.5. The van der Waals surface area contributed by atoms with Crippen LogP contribution in [0.2, 0.25) is 10.0 Å². The van der Waals surface area contributed by atoms with Gasteiger partial charge in [0.05, 0.1) is 5.71 Å². The summed E-state index contributed by atoms with van der Waals surface area (Å²) in [5, 5.41) is 2.98. The molecule has 0 spiro atoms. The van der Waals surface area contributed by atoms with Gasteiger partial charge in [0, 0.05) is 31.0 Å². The van der Waals surface area contributed by atoms with Crippen molar-refractivity contribution >= 4 is 58.1 Å². The maximum absolute atomic E-state index is 6.34. The monoisotopic (exact) mass is 465 g/mol. The van der Waals surface area contributed by atoms with E-state index in [-0.39, 0.29) is 0 Å². The molecule has 1 aromatic heterocycles. The fourth-order valence-electron chi connectivity index (χ4n) is 3.08. The van der Waals surface area contributed by atoms with Gasteiger partial charge in [0.2, 0.25) is 0 Å². The highest BCUT2D eigenvalue weighted by Crippen LogP contribution is 2.45. The second kappa shape index (κ2) is 8.44. The van der Waals surface area contributed by atoms with Gasteiger partial charge in [-0.15, -0.1) is 0 Å². The first-order valence-corrected chi connectivity index (χ1v) is 11.5. The van der Waals surface area contributed by atoms with Crippen molar-refractivity contribution in [3.8, 4) is 0 Å². The van der Waals surface area contributed by atoms with Crippen LogP contribution in [-0.4, -0.2) is 15.7 Å². The van der Waals surface area contributed by atoms with Gasteiger partial charge in [-0.05, 0) is 42.5 Å². The second-order valence-electron chi connectivity index (χ2n) is 6.46. The van der Waals surface area contributed by atoms with Crippen LogP contribution in [0.3, 0.4) is 0 Å². The number of fused-ring (bicyclic) bond motifs is 2. The van der Waals surface area contributed by atoms with Gasteiger partial charge in [-0.1, -0.05) is 77.1 Å². The Morgan fingerprint density at radius 3 is 2.37 bits per heavy atom. The Labute approximate surface area is 192 Å². The molecule has 0 fully saturated rings. The largest absolute Gasteiger partial charge is 0.242 e. The molecular weight excluding hydrogens is 453 g/mol. The Morgan fingerprint density at radius 2 is 1.57 bits per heavy atom. The Balaban J connectivity index is 1.69. The Morgan fingerprint density at radius 1 is 0.800 bits per heavy atom. The molecule has 2 heterocycles. The number of benzene rings is 3. The molecule has 0 radical (unpaired) electrons. The highest BCUT2D eigenvalue weighted by atomic mass is 35.5. The van der Waals surface area contributed by atoms with E-state index in [1.54, 1.807) is 29.9 Å². The lowest BCUT2D eigenvalue weighted by molar-refractivity contribution is 0.961. The zero-order valence-electron chi connectivity index (χ0n) is 15.4. The van der Waals surface area contributed by atoms with Crippen LogP contribution in [0.4, 0.5) is 5.69 Å². The summed E-state index contributed by atoms with van der Waals surface area (Å²) >= 11 is 15.5. The number of hydrogen-bond donors (Lipinski definition) is 0. The minimum atomic E-state index is 0.672. The van der Waals surface area contributed by atoms with E-state index in [2.05, 4.69) is 22.1 Å². The number of aromatic nitrogens is 2. The van der Waals surface area contributed by atoms with Crippen molar-refractivity contribution in [3.05, 3.63) is 100 Å². The molecule has 3 nitrogen and oxygen atoms in total. The topological polar surface area (TPSA) is 38.1 Å². The molecule has 0 saturated carbocycles. The van der Waals surface area contributed by atoms with Crippen molar-refractivity contribution in [1.82, 2.24) is 9.97 Å². The highest BCUT2D eigenvalue weighted by molar-refractivity contribution is 8.00. The fourth-order valence-corrected chi connectivity index (χ4v) is 5.22. The average Bonchev–Trinajstić information content (AvgIpc) is 2.93. The molecule has 4 aromatic rings. The SMILES string of the molecule is Clc1ccc(Sc2ncnc3c2N=C(c2ccccc2)c2cc(Cl)ccc2S3)cc1. The van der Waals surface area contributed by atoms with Gasteiger partial charge < -0.3 is 0 Å². The summed E-state index contributed by atoms with van der Waals surface area (Å²) < 4.78 is 0. The van der Waals surface area contributed by atoms with E-state index in [0.717, 1.165) is 42.4 Å².